The van der Waals surface area contributed by atoms with Gasteiger partial charge in [-0.25, -0.2) is 4.98 Å². The second-order valence-electron chi connectivity index (χ2n) is 5.33. The zero-order chi connectivity index (χ0) is 13.1. The predicted octanol–water partition coefficient (Wildman–Crippen LogP) is 2.98. The summed E-state index contributed by atoms with van der Waals surface area (Å²) in [6, 6.07) is 4.63. The highest BCUT2D eigenvalue weighted by Gasteiger charge is 2.31. The van der Waals surface area contributed by atoms with E-state index in [-0.39, 0.29) is 5.37 Å². The minimum atomic E-state index is 0.248. The molecule has 1 aromatic rings. The third-order valence-electron chi connectivity index (χ3n) is 3.28. The maximum Gasteiger partial charge on any atom is 0.213 e. The molecular weight excluding hydrogens is 244 g/mol. The molecule has 0 amide bonds. The zero-order valence-corrected chi connectivity index (χ0v) is 12.2. The fourth-order valence-corrected chi connectivity index (χ4v) is 2.37. The molecule has 100 valence electrons. The van der Waals surface area contributed by atoms with E-state index in [2.05, 4.69) is 36.8 Å². The van der Waals surface area contributed by atoms with Gasteiger partial charge in [0.2, 0.25) is 5.88 Å². The summed E-state index contributed by atoms with van der Waals surface area (Å²) < 4.78 is 5.88. The van der Waals surface area contributed by atoms with E-state index in [1.807, 2.05) is 25.3 Å². The van der Waals surface area contributed by atoms with Gasteiger partial charge in [-0.2, -0.15) is 12.6 Å². The van der Waals surface area contributed by atoms with Gasteiger partial charge in [0.15, 0.2) is 0 Å². The predicted molar refractivity (Wildman–Crippen MR) is 77.3 cm³/mol. The number of rotatable bonds is 5. The standard InChI is InChI=1S/C14H22N2OS/c1-9(2)11-4-5-15-14(6-11)17-13-7-12(8-13)16-10(3)18/h4-6,9-10,12-13,16,18H,7-8H2,1-3H3. The average Bonchev–Trinajstić information content (AvgIpc) is 2.26. The Balaban J connectivity index is 1.83. The van der Waals surface area contributed by atoms with E-state index < -0.39 is 0 Å². The second-order valence-corrected chi connectivity index (χ2v) is 6.11. The van der Waals surface area contributed by atoms with E-state index >= 15 is 0 Å². The Morgan fingerprint density at radius 1 is 1.39 bits per heavy atom. The monoisotopic (exact) mass is 266 g/mol. The van der Waals surface area contributed by atoms with Gasteiger partial charge < -0.3 is 10.1 Å². The van der Waals surface area contributed by atoms with Crippen LogP contribution in [0.4, 0.5) is 0 Å². The van der Waals surface area contributed by atoms with E-state index in [4.69, 9.17) is 4.74 Å². The van der Waals surface area contributed by atoms with Crippen molar-refractivity contribution < 1.29 is 4.74 Å². The van der Waals surface area contributed by atoms with Crippen molar-refractivity contribution >= 4 is 12.6 Å². The van der Waals surface area contributed by atoms with Crippen LogP contribution >= 0.6 is 12.6 Å². The molecule has 1 aliphatic carbocycles. The summed E-state index contributed by atoms with van der Waals surface area (Å²) in [5.74, 6) is 1.26. The first-order chi connectivity index (χ1) is 8.54. The van der Waals surface area contributed by atoms with Crippen molar-refractivity contribution in [3.8, 4) is 5.88 Å². The first kappa shape index (κ1) is 13.7. The molecule has 0 radical (unpaired) electrons. The molecule has 3 nitrogen and oxygen atoms in total. The van der Waals surface area contributed by atoms with Crippen LogP contribution in [0, 0.1) is 0 Å². The number of hydrogen-bond acceptors (Lipinski definition) is 4. The van der Waals surface area contributed by atoms with Crippen molar-refractivity contribution in [1.82, 2.24) is 10.3 Å². The fourth-order valence-electron chi connectivity index (χ4n) is 2.16. The lowest BCUT2D eigenvalue weighted by atomic mass is 9.89. The van der Waals surface area contributed by atoms with E-state index in [1.165, 1.54) is 5.56 Å². The van der Waals surface area contributed by atoms with Gasteiger partial charge in [0.1, 0.15) is 6.10 Å². The van der Waals surface area contributed by atoms with Crippen LogP contribution in [-0.2, 0) is 0 Å². The molecule has 1 aliphatic rings. The smallest absolute Gasteiger partial charge is 0.213 e. The second kappa shape index (κ2) is 5.93. The Labute approximate surface area is 115 Å². The van der Waals surface area contributed by atoms with Gasteiger partial charge in [0, 0.05) is 23.7 Å². The number of aromatic nitrogens is 1. The Bertz CT molecular complexity index is 389. The summed E-state index contributed by atoms with van der Waals surface area (Å²) in [5.41, 5.74) is 1.28. The summed E-state index contributed by atoms with van der Waals surface area (Å²) in [6.45, 7) is 6.40. The van der Waals surface area contributed by atoms with E-state index in [0.717, 1.165) is 18.7 Å². The Hall–Kier alpha value is -0.740. The van der Waals surface area contributed by atoms with Crippen molar-refractivity contribution in [3.05, 3.63) is 23.9 Å². The van der Waals surface area contributed by atoms with Gasteiger partial charge in [-0.15, -0.1) is 0 Å². The molecule has 1 aromatic heterocycles. The van der Waals surface area contributed by atoms with Crippen LogP contribution in [0.1, 0.15) is 45.1 Å². The molecule has 0 bridgehead atoms. The molecule has 1 N–H and O–H groups in total. The summed E-state index contributed by atoms with van der Waals surface area (Å²) >= 11 is 4.33. The third kappa shape index (κ3) is 3.62. The molecule has 2 rings (SSSR count). The van der Waals surface area contributed by atoms with E-state index in [1.54, 1.807) is 0 Å². The third-order valence-corrected chi connectivity index (χ3v) is 3.43. The van der Waals surface area contributed by atoms with Gasteiger partial charge in [-0.1, -0.05) is 13.8 Å². The number of nitrogens with one attached hydrogen (secondary N) is 1. The zero-order valence-electron chi connectivity index (χ0n) is 11.3. The Morgan fingerprint density at radius 3 is 2.72 bits per heavy atom. The van der Waals surface area contributed by atoms with Crippen LogP contribution in [0.25, 0.3) is 0 Å². The lowest BCUT2D eigenvalue weighted by Gasteiger charge is -2.36. The topological polar surface area (TPSA) is 34.1 Å². The highest BCUT2D eigenvalue weighted by atomic mass is 32.1. The number of thiol groups is 1. The number of pyridine rings is 1. The molecule has 1 saturated carbocycles. The van der Waals surface area contributed by atoms with Gasteiger partial charge in [0.25, 0.3) is 0 Å². The molecule has 0 aliphatic heterocycles. The molecule has 18 heavy (non-hydrogen) atoms. The molecule has 1 fully saturated rings. The summed E-state index contributed by atoms with van der Waals surface area (Å²) in [6.07, 6.45) is 4.20. The van der Waals surface area contributed by atoms with Crippen molar-refractivity contribution in [2.45, 2.75) is 57.1 Å². The van der Waals surface area contributed by atoms with Gasteiger partial charge in [-0.05, 0) is 37.3 Å². The van der Waals surface area contributed by atoms with Crippen LogP contribution < -0.4 is 10.1 Å². The van der Waals surface area contributed by atoms with Crippen LogP contribution in [0.2, 0.25) is 0 Å². The highest BCUT2D eigenvalue weighted by molar-refractivity contribution is 7.80. The quantitative estimate of drug-likeness (QED) is 0.635. The Kier molecular flexibility index (Phi) is 4.51. The molecule has 1 atom stereocenters. The summed E-state index contributed by atoms with van der Waals surface area (Å²) in [4.78, 5) is 4.27. The lowest BCUT2D eigenvalue weighted by molar-refractivity contribution is 0.0801. The first-order valence-corrected chi connectivity index (χ1v) is 7.13. The maximum absolute atomic E-state index is 5.88. The largest absolute Gasteiger partial charge is 0.474 e. The maximum atomic E-state index is 5.88. The van der Waals surface area contributed by atoms with Crippen LogP contribution in [0.5, 0.6) is 5.88 Å². The summed E-state index contributed by atoms with van der Waals surface area (Å²) in [5, 5.41) is 3.64. The minimum Gasteiger partial charge on any atom is -0.474 e. The summed E-state index contributed by atoms with van der Waals surface area (Å²) in [7, 11) is 0. The van der Waals surface area contributed by atoms with E-state index in [9.17, 15) is 0 Å². The van der Waals surface area contributed by atoms with E-state index in [0.29, 0.717) is 18.1 Å². The molecule has 1 heterocycles. The molecule has 0 spiro atoms. The SMILES string of the molecule is CC(S)NC1CC(Oc2cc(C(C)C)ccn2)C1. The molecular formula is C14H22N2OS. The number of nitrogens with zero attached hydrogens (tertiary/aromatic N) is 1. The first-order valence-electron chi connectivity index (χ1n) is 6.61. The number of ether oxygens (including phenoxy) is 1. The molecule has 0 saturated heterocycles. The van der Waals surface area contributed by atoms with Crippen LogP contribution in [0.15, 0.2) is 18.3 Å². The fraction of sp³-hybridized carbons (Fsp3) is 0.643. The average molecular weight is 266 g/mol. The molecule has 4 heteroatoms. The van der Waals surface area contributed by atoms with Crippen LogP contribution in [0.3, 0.4) is 0 Å². The van der Waals surface area contributed by atoms with Crippen LogP contribution in [-0.4, -0.2) is 22.5 Å². The van der Waals surface area contributed by atoms with Gasteiger partial charge in [-0.3, -0.25) is 0 Å². The normalized spacial score (nSPS) is 24.7. The molecule has 0 aromatic carbocycles. The minimum absolute atomic E-state index is 0.248. The van der Waals surface area contributed by atoms with Crippen molar-refractivity contribution in [2.75, 3.05) is 0 Å². The number of hydrogen-bond donors (Lipinski definition) is 2. The van der Waals surface area contributed by atoms with Crippen molar-refractivity contribution in [3.63, 3.8) is 0 Å². The van der Waals surface area contributed by atoms with Gasteiger partial charge >= 0.3 is 0 Å². The Morgan fingerprint density at radius 2 is 2.11 bits per heavy atom. The molecule has 1 unspecified atom stereocenters. The lowest BCUT2D eigenvalue weighted by Crippen LogP contribution is -2.48. The highest BCUT2D eigenvalue weighted by Crippen LogP contribution is 2.27. The van der Waals surface area contributed by atoms with Crippen molar-refractivity contribution in [2.24, 2.45) is 0 Å². The van der Waals surface area contributed by atoms with Crippen molar-refractivity contribution in [1.29, 1.82) is 0 Å². The van der Waals surface area contributed by atoms with Gasteiger partial charge in [0.05, 0.1) is 0 Å².